The Bertz CT molecular complexity index is 1510. The van der Waals surface area contributed by atoms with E-state index in [1.807, 2.05) is 73.1 Å². The molecule has 0 aliphatic carbocycles. The number of nitrogens with one attached hydrogen (secondary N) is 1. The fourth-order valence-electron chi connectivity index (χ4n) is 4.35. The molecule has 0 amide bonds. The average molecular weight is 580 g/mol. The van der Waals surface area contributed by atoms with Gasteiger partial charge in [-0.2, -0.15) is 0 Å². The van der Waals surface area contributed by atoms with Crippen molar-refractivity contribution in [3.63, 3.8) is 0 Å². The molecule has 5 rings (SSSR count). The maximum Gasteiger partial charge on any atom is 0.265 e. The summed E-state index contributed by atoms with van der Waals surface area (Å²) >= 11 is 3.53. The van der Waals surface area contributed by atoms with Gasteiger partial charge >= 0.3 is 0 Å². The van der Waals surface area contributed by atoms with Crippen LogP contribution < -0.4 is 9.30 Å². The largest absolute Gasteiger partial charge is 0.457 e. The van der Waals surface area contributed by atoms with E-state index in [0.717, 1.165) is 53.4 Å². The summed E-state index contributed by atoms with van der Waals surface area (Å²) in [5.41, 5.74) is 4.29. The highest BCUT2D eigenvalue weighted by Gasteiger charge is 2.17. The van der Waals surface area contributed by atoms with E-state index in [1.54, 1.807) is 0 Å². The minimum absolute atomic E-state index is 0.649. The summed E-state index contributed by atoms with van der Waals surface area (Å²) in [6.45, 7) is 10.3. The summed E-state index contributed by atoms with van der Waals surface area (Å²) in [6.07, 6.45) is 2.77. The van der Waals surface area contributed by atoms with E-state index < -0.39 is 0 Å². The number of H-pyrrole nitrogens is 1. The van der Waals surface area contributed by atoms with Crippen LogP contribution in [0, 0.1) is 6.57 Å². The van der Waals surface area contributed by atoms with Crippen LogP contribution in [0.1, 0.15) is 22.5 Å². The molecule has 0 fully saturated rings. The zero-order valence-corrected chi connectivity index (χ0v) is 23.1. The second-order valence-electron chi connectivity index (χ2n) is 9.36. The van der Waals surface area contributed by atoms with Crippen molar-refractivity contribution in [3.05, 3.63) is 148 Å². The van der Waals surface area contributed by atoms with Crippen molar-refractivity contribution in [2.45, 2.75) is 26.1 Å². The molecular formula is C32H29BrN5O+. The topological polar surface area (TPSA) is 49.4 Å². The third-order valence-electron chi connectivity index (χ3n) is 6.47. The van der Waals surface area contributed by atoms with Crippen molar-refractivity contribution in [1.29, 1.82) is 0 Å². The summed E-state index contributed by atoms with van der Waals surface area (Å²) in [5, 5.41) is 7.54. The van der Waals surface area contributed by atoms with Gasteiger partial charge in [-0.1, -0.05) is 82.7 Å². The van der Waals surface area contributed by atoms with Gasteiger partial charge in [-0.25, -0.2) is 9.41 Å². The molecule has 0 radical (unpaired) electrons. The van der Waals surface area contributed by atoms with Crippen LogP contribution >= 0.6 is 15.9 Å². The van der Waals surface area contributed by atoms with Crippen LogP contribution in [-0.2, 0) is 26.1 Å². The Morgan fingerprint density at radius 3 is 2.18 bits per heavy atom. The molecule has 0 bridgehead atoms. The second kappa shape index (κ2) is 13.0. The quantitative estimate of drug-likeness (QED) is 0.134. The number of hydrogen-bond acceptors (Lipinski definition) is 3. The number of para-hydroxylation sites is 1. The van der Waals surface area contributed by atoms with Crippen LogP contribution in [0.5, 0.6) is 11.5 Å². The average Bonchev–Trinajstić information content (AvgIpc) is 3.40. The monoisotopic (exact) mass is 578 g/mol. The van der Waals surface area contributed by atoms with Gasteiger partial charge in [-0.05, 0) is 59.5 Å². The van der Waals surface area contributed by atoms with E-state index in [0.29, 0.717) is 12.2 Å². The Kier molecular flexibility index (Phi) is 8.79. The Morgan fingerprint density at radius 2 is 1.46 bits per heavy atom. The molecule has 1 heterocycles. The Hall–Kier alpha value is -4.25. The molecule has 4 aromatic carbocycles. The highest BCUT2D eigenvalue weighted by molar-refractivity contribution is 9.10. The zero-order valence-electron chi connectivity index (χ0n) is 21.5. The highest BCUT2D eigenvalue weighted by Crippen LogP contribution is 2.22. The predicted octanol–water partition coefficient (Wildman–Crippen LogP) is 7.10. The summed E-state index contributed by atoms with van der Waals surface area (Å²) in [4.78, 5) is 5.92. The molecule has 0 saturated carbocycles. The number of nitrogens with zero attached hydrogens (tertiary/aromatic N) is 4. The third-order valence-corrected chi connectivity index (χ3v) is 7.00. The predicted molar refractivity (Wildman–Crippen MR) is 156 cm³/mol. The minimum atomic E-state index is 0.649. The van der Waals surface area contributed by atoms with Gasteiger partial charge in [0.15, 0.2) is 5.69 Å². The van der Waals surface area contributed by atoms with Crippen LogP contribution in [0.2, 0.25) is 0 Å². The Labute approximate surface area is 237 Å². The van der Waals surface area contributed by atoms with Gasteiger partial charge < -0.3 is 4.74 Å². The summed E-state index contributed by atoms with van der Waals surface area (Å²) < 4.78 is 9.20. The summed E-state index contributed by atoms with van der Waals surface area (Å²) in [7, 11) is 0. The maximum atomic E-state index is 7.18. The molecule has 7 heteroatoms. The van der Waals surface area contributed by atoms with Gasteiger partial charge in [-0.3, -0.25) is 4.90 Å². The van der Waals surface area contributed by atoms with Crippen LogP contribution in [-0.4, -0.2) is 21.6 Å². The Balaban J connectivity index is 1.29. The molecule has 0 spiro atoms. The van der Waals surface area contributed by atoms with Crippen molar-refractivity contribution in [2.24, 2.45) is 0 Å². The van der Waals surface area contributed by atoms with Crippen LogP contribution in [0.3, 0.4) is 0 Å². The van der Waals surface area contributed by atoms with Gasteiger partial charge in [0.1, 0.15) is 11.5 Å². The molecule has 1 N–H and O–H groups in total. The highest BCUT2D eigenvalue weighted by atomic mass is 79.9. The lowest BCUT2D eigenvalue weighted by atomic mass is 10.1. The molecule has 39 heavy (non-hydrogen) atoms. The standard InChI is InChI=1S/C32H28BrN5O/c1-34-29-15-9-27(10-16-29)22-38-24-35-36-32(38)23-37(20-19-25-7-13-28(33)14-8-25)21-26-11-17-31(18-12-26)39-30-5-3-2-4-6-30/h2-18,24H,19-23H2/p+1. The number of ether oxygens (including phenoxy) is 1. The first-order valence-electron chi connectivity index (χ1n) is 12.8. The SMILES string of the molecule is [C-]#[N+]c1ccc(C[n+]2cn[nH]c2CN(CCc2ccc(Br)cc2)Cc2ccc(Oc3ccccc3)cc2)cc1. The molecule has 6 nitrogen and oxygen atoms in total. The number of aromatic amines is 1. The summed E-state index contributed by atoms with van der Waals surface area (Å²) in [5.74, 6) is 2.68. The number of aromatic nitrogens is 3. The molecule has 0 saturated heterocycles. The lowest BCUT2D eigenvalue weighted by Crippen LogP contribution is -2.40. The number of benzene rings is 4. The van der Waals surface area contributed by atoms with Crippen molar-refractivity contribution in [2.75, 3.05) is 6.54 Å². The van der Waals surface area contributed by atoms with Crippen molar-refractivity contribution >= 4 is 21.6 Å². The fraction of sp³-hybridized carbons (Fsp3) is 0.156. The van der Waals surface area contributed by atoms with Gasteiger partial charge in [-0.15, -0.1) is 5.10 Å². The number of rotatable bonds is 11. The Morgan fingerprint density at radius 1 is 0.795 bits per heavy atom. The van der Waals surface area contributed by atoms with Crippen LogP contribution in [0.25, 0.3) is 4.85 Å². The molecule has 0 aliphatic rings. The van der Waals surface area contributed by atoms with Crippen LogP contribution in [0.15, 0.2) is 114 Å². The molecule has 0 unspecified atom stereocenters. The molecule has 5 aromatic rings. The lowest BCUT2D eigenvalue weighted by Gasteiger charge is -2.21. The van der Waals surface area contributed by atoms with Crippen molar-refractivity contribution in [3.8, 4) is 11.5 Å². The maximum absolute atomic E-state index is 7.18. The van der Waals surface area contributed by atoms with E-state index in [9.17, 15) is 0 Å². The van der Waals surface area contributed by atoms with E-state index in [-0.39, 0.29) is 0 Å². The molecule has 194 valence electrons. The van der Waals surface area contributed by atoms with E-state index in [1.165, 1.54) is 11.1 Å². The van der Waals surface area contributed by atoms with Gasteiger partial charge in [0.25, 0.3) is 6.33 Å². The molecule has 0 aliphatic heterocycles. The molecular weight excluding hydrogens is 550 g/mol. The first-order chi connectivity index (χ1) is 19.1. The van der Waals surface area contributed by atoms with Gasteiger partial charge in [0, 0.05) is 22.7 Å². The van der Waals surface area contributed by atoms with Crippen molar-refractivity contribution in [1.82, 2.24) is 15.1 Å². The smallest absolute Gasteiger partial charge is 0.265 e. The fourth-order valence-corrected chi connectivity index (χ4v) is 4.62. The third kappa shape index (κ3) is 7.64. The minimum Gasteiger partial charge on any atom is -0.457 e. The van der Waals surface area contributed by atoms with Gasteiger partial charge in [0.05, 0.1) is 19.7 Å². The molecule has 1 aromatic heterocycles. The van der Waals surface area contributed by atoms with E-state index in [4.69, 9.17) is 11.3 Å². The van der Waals surface area contributed by atoms with Crippen molar-refractivity contribution < 1.29 is 9.30 Å². The summed E-state index contributed by atoms with van der Waals surface area (Å²) in [6, 6.07) is 34.4. The van der Waals surface area contributed by atoms with Crippen LogP contribution in [0.4, 0.5) is 5.69 Å². The van der Waals surface area contributed by atoms with E-state index >= 15 is 0 Å². The first-order valence-corrected chi connectivity index (χ1v) is 13.6. The molecule has 0 atom stereocenters. The number of hydrogen-bond donors (Lipinski definition) is 1. The second-order valence-corrected chi connectivity index (χ2v) is 10.3. The lowest BCUT2D eigenvalue weighted by molar-refractivity contribution is -0.696. The van der Waals surface area contributed by atoms with E-state index in [2.05, 4.69) is 76.8 Å². The normalized spacial score (nSPS) is 10.9. The zero-order chi connectivity index (χ0) is 26.9. The first kappa shape index (κ1) is 26.4. The van der Waals surface area contributed by atoms with Gasteiger partial charge in [0.2, 0.25) is 5.82 Å². The number of halogens is 1.